The van der Waals surface area contributed by atoms with Crippen molar-refractivity contribution in [2.24, 2.45) is 5.10 Å². The number of anilines is 2. The van der Waals surface area contributed by atoms with E-state index in [0.29, 0.717) is 21.6 Å². The van der Waals surface area contributed by atoms with Gasteiger partial charge in [-0.2, -0.15) is 5.10 Å². The average molecular weight is 396 g/mol. The minimum atomic E-state index is -0.164. The zero-order valence-electron chi connectivity index (χ0n) is 15.7. The number of hydrazone groups is 1. The van der Waals surface area contributed by atoms with E-state index in [2.05, 4.69) is 20.8 Å². The zero-order chi connectivity index (χ0) is 20.1. The molecule has 0 bridgehead atoms. The van der Waals surface area contributed by atoms with Crippen molar-refractivity contribution in [3.63, 3.8) is 0 Å². The molecule has 3 rings (SSSR count). The molecule has 144 valence electrons. The first-order valence-electron chi connectivity index (χ1n) is 8.48. The van der Waals surface area contributed by atoms with Gasteiger partial charge in [0.15, 0.2) is 11.5 Å². The van der Waals surface area contributed by atoms with Gasteiger partial charge in [-0.1, -0.05) is 41.2 Å². The summed E-state index contributed by atoms with van der Waals surface area (Å²) < 4.78 is 5.08. The summed E-state index contributed by atoms with van der Waals surface area (Å²) in [7, 11) is 1.49. The standard InChI is InChI=1S/C20H20N4O3S/c1-12-4-7-15(8-5-12)18-19(22-13(2)25)28-20(23-18)24-21-11-14-6-9-16(26)17(10-14)27-3/h4-11,26H,1-3H3,(H,22,25)(H,23,24). The number of thiazole rings is 1. The molecule has 1 heterocycles. The van der Waals surface area contributed by atoms with Crippen molar-refractivity contribution in [2.75, 3.05) is 17.9 Å². The molecule has 2 aromatic carbocycles. The van der Waals surface area contributed by atoms with Gasteiger partial charge in [-0.15, -0.1) is 0 Å². The van der Waals surface area contributed by atoms with Crippen LogP contribution in [0.3, 0.4) is 0 Å². The maximum absolute atomic E-state index is 11.5. The van der Waals surface area contributed by atoms with Crippen LogP contribution in [0.5, 0.6) is 11.5 Å². The lowest BCUT2D eigenvalue weighted by molar-refractivity contribution is -0.114. The van der Waals surface area contributed by atoms with Crippen LogP contribution in [0.4, 0.5) is 10.1 Å². The molecule has 0 aliphatic carbocycles. The minimum absolute atomic E-state index is 0.0650. The summed E-state index contributed by atoms with van der Waals surface area (Å²) >= 11 is 1.30. The highest BCUT2D eigenvalue weighted by Gasteiger charge is 2.14. The third-order valence-electron chi connectivity index (χ3n) is 3.82. The Morgan fingerprint density at radius 3 is 2.68 bits per heavy atom. The number of methoxy groups -OCH3 is 1. The lowest BCUT2D eigenvalue weighted by Crippen LogP contribution is -2.05. The van der Waals surface area contributed by atoms with E-state index in [4.69, 9.17) is 4.74 Å². The average Bonchev–Trinajstić information content (AvgIpc) is 3.05. The van der Waals surface area contributed by atoms with Gasteiger partial charge < -0.3 is 15.2 Å². The summed E-state index contributed by atoms with van der Waals surface area (Å²) in [5, 5.41) is 17.8. The Labute approximate surface area is 166 Å². The summed E-state index contributed by atoms with van der Waals surface area (Å²) in [6.07, 6.45) is 1.59. The molecule has 8 heteroatoms. The molecule has 0 saturated carbocycles. The largest absolute Gasteiger partial charge is 0.504 e. The van der Waals surface area contributed by atoms with Crippen LogP contribution in [0.2, 0.25) is 0 Å². The van der Waals surface area contributed by atoms with Crippen LogP contribution in [-0.4, -0.2) is 29.3 Å². The van der Waals surface area contributed by atoms with Crippen LogP contribution < -0.4 is 15.5 Å². The first-order valence-corrected chi connectivity index (χ1v) is 9.29. The zero-order valence-corrected chi connectivity index (χ0v) is 16.5. The predicted octanol–water partition coefficient (Wildman–Crippen LogP) is 4.24. The van der Waals surface area contributed by atoms with Crippen molar-refractivity contribution in [3.8, 4) is 22.8 Å². The highest BCUT2D eigenvalue weighted by molar-refractivity contribution is 7.20. The van der Waals surface area contributed by atoms with Crippen LogP contribution in [0.1, 0.15) is 18.1 Å². The molecule has 0 spiro atoms. The van der Waals surface area contributed by atoms with Crippen LogP contribution >= 0.6 is 11.3 Å². The number of phenolic OH excluding ortho intramolecular Hbond substituents is 1. The number of amides is 1. The quantitative estimate of drug-likeness (QED) is 0.428. The number of phenols is 1. The van der Waals surface area contributed by atoms with E-state index >= 15 is 0 Å². The third kappa shape index (κ3) is 4.66. The Hall–Kier alpha value is -3.39. The summed E-state index contributed by atoms with van der Waals surface area (Å²) in [6.45, 7) is 3.47. The summed E-state index contributed by atoms with van der Waals surface area (Å²) in [5.74, 6) is 0.270. The maximum atomic E-state index is 11.5. The van der Waals surface area contributed by atoms with Gasteiger partial charge in [0, 0.05) is 12.5 Å². The topological polar surface area (TPSA) is 95.8 Å². The Morgan fingerprint density at radius 1 is 1.25 bits per heavy atom. The van der Waals surface area contributed by atoms with Crippen molar-refractivity contribution >= 4 is 33.6 Å². The second-order valence-electron chi connectivity index (χ2n) is 6.05. The number of ether oxygens (including phenoxy) is 1. The number of benzene rings is 2. The molecule has 0 atom stereocenters. The van der Waals surface area contributed by atoms with Crippen molar-refractivity contribution in [3.05, 3.63) is 53.6 Å². The molecule has 0 aliphatic heterocycles. The molecule has 0 saturated heterocycles. The first-order chi connectivity index (χ1) is 13.5. The van der Waals surface area contributed by atoms with Gasteiger partial charge in [-0.3, -0.25) is 10.2 Å². The molecule has 3 N–H and O–H groups in total. The number of hydrogen-bond acceptors (Lipinski definition) is 7. The van der Waals surface area contributed by atoms with Crippen LogP contribution in [0, 0.1) is 6.92 Å². The van der Waals surface area contributed by atoms with Crippen molar-refractivity contribution in [1.82, 2.24) is 4.98 Å². The molecule has 0 aliphatic rings. The second-order valence-corrected chi connectivity index (χ2v) is 7.04. The summed E-state index contributed by atoms with van der Waals surface area (Å²) in [4.78, 5) is 16.1. The number of nitrogens with zero attached hydrogens (tertiary/aromatic N) is 2. The van der Waals surface area contributed by atoms with Crippen molar-refractivity contribution < 1.29 is 14.6 Å². The molecular weight excluding hydrogens is 376 g/mol. The Kier molecular flexibility index (Phi) is 5.90. The van der Waals surface area contributed by atoms with Gasteiger partial charge in [0.1, 0.15) is 10.7 Å². The molecule has 1 aromatic heterocycles. The lowest BCUT2D eigenvalue weighted by atomic mass is 10.1. The van der Waals surface area contributed by atoms with E-state index in [1.54, 1.807) is 18.3 Å². The van der Waals surface area contributed by atoms with E-state index in [0.717, 1.165) is 16.7 Å². The number of aryl methyl sites for hydroxylation is 1. The first kappa shape index (κ1) is 19.4. The third-order valence-corrected chi connectivity index (χ3v) is 4.69. The number of nitrogens with one attached hydrogen (secondary N) is 2. The highest BCUT2D eigenvalue weighted by atomic mass is 32.1. The van der Waals surface area contributed by atoms with E-state index < -0.39 is 0 Å². The van der Waals surface area contributed by atoms with E-state index in [1.165, 1.54) is 31.4 Å². The van der Waals surface area contributed by atoms with Crippen molar-refractivity contribution in [2.45, 2.75) is 13.8 Å². The molecule has 0 radical (unpaired) electrons. The van der Waals surface area contributed by atoms with Crippen LogP contribution in [-0.2, 0) is 4.79 Å². The van der Waals surface area contributed by atoms with E-state index in [1.807, 2.05) is 31.2 Å². The van der Waals surface area contributed by atoms with Gasteiger partial charge in [-0.05, 0) is 30.7 Å². The van der Waals surface area contributed by atoms with Gasteiger partial charge in [0.25, 0.3) is 0 Å². The molecular formula is C20H20N4O3S. The Bertz CT molecular complexity index is 1010. The van der Waals surface area contributed by atoms with Crippen LogP contribution in [0.25, 0.3) is 11.3 Å². The number of aromatic nitrogens is 1. The smallest absolute Gasteiger partial charge is 0.221 e. The predicted molar refractivity (Wildman–Crippen MR) is 112 cm³/mol. The fourth-order valence-corrected chi connectivity index (χ4v) is 3.34. The number of hydrogen-bond donors (Lipinski definition) is 3. The van der Waals surface area contributed by atoms with E-state index in [-0.39, 0.29) is 11.7 Å². The Balaban J connectivity index is 1.82. The van der Waals surface area contributed by atoms with Crippen LogP contribution in [0.15, 0.2) is 47.6 Å². The molecule has 28 heavy (non-hydrogen) atoms. The number of carbonyl (C=O) groups excluding carboxylic acids is 1. The minimum Gasteiger partial charge on any atom is -0.504 e. The molecule has 0 fully saturated rings. The number of aromatic hydroxyl groups is 1. The number of rotatable bonds is 6. The number of carbonyl (C=O) groups is 1. The summed E-state index contributed by atoms with van der Waals surface area (Å²) in [5.41, 5.74) is 6.37. The second kappa shape index (κ2) is 8.53. The highest BCUT2D eigenvalue weighted by Crippen LogP contribution is 2.36. The van der Waals surface area contributed by atoms with Gasteiger partial charge >= 0.3 is 0 Å². The normalized spacial score (nSPS) is 10.8. The fraction of sp³-hybridized carbons (Fsp3) is 0.150. The Morgan fingerprint density at radius 2 is 2.00 bits per heavy atom. The molecule has 0 unspecified atom stereocenters. The molecule has 1 amide bonds. The lowest BCUT2D eigenvalue weighted by Gasteiger charge is -2.03. The van der Waals surface area contributed by atoms with Gasteiger partial charge in [-0.25, -0.2) is 4.98 Å². The summed E-state index contributed by atoms with van der Waals surface area (Å²) in [6, 6.07) is 12.8. The monoisotopic (exact) mass is 396 g/mol. The van der Waals surface area contributed by atoms with Gasteiger partial charge in [0.2, 0.25) is 11.0 Å². The molecule has 7 nitrogen and oxygen atoms in total. The molecule has 3 aromatic rings. The SMILES string of the molecule is COc1cc(C=NNc2nc(-c3ccc(C)cc3)c(NC(C)=O)s2)ccc1O. The fourth-order valence-electron chi connectivity index (χ4n) is 2.46. The van der Waals surface area contributed by atoms with Crippen molar-refractivity contribution in [1.29, 1.82) is 0 Å². The maximum Gasteiger partial charge on any atom is 0.221 e. The van der Waals surface area contributed by atoms with E-state index in [9.17, 15) is 9.90 Å². The van der Waals surface area contributed by atoms with Gasteiger partial charge in [0.05, 0.1) is 13.3 Å².